The van der Waals surface area contributed by atoms with E-state index in [1.165, 1.54) is 17.4 Å². The third-order valence-corrected chi connectivity index (χ3v) is 4.20. The van der Waals surface area contributed by atoms with Gasteiger partial charge in [0.2, 0.25) is 5.91 Å². The minimum Gasteiger partial charge on any atom is -0.426 e. The van der Waals surface area contributed by atoms with Crippen molar-refractivity contribution in [2.75, 3.05) is 5.32 Å². The van der Waals surface area contributed by atoms with Crippen molar-refractivity contribution < 1.29 is 14.0 Å². The Morgan fingerprint density at radius 1 is 1.33 bits per heavy atom. The summed E-state index contributed by atoms with van der Waals surface area (Å²) in [6.45, 7) is 0. The molecule has 0 unspecified atom stereocenters. The maximum Gasteiger partial charge on any atom is 0.359 e. The van der Waals surface area contributed by atoms with Crippen LogP contribution in [0.5, 0.6) is 0 Å². The summed E-state index contributed by atoms with van der Waals surface area (Å²) in [5.74, 6) is 0.0780. The summed E-state index contributed by atoms with van der Waals surface area (Å²) >= 11 is 1.47. The summed E-state index contributed by atoms with van der Waals surface area (Å²) in [5.41, 5.74) is -0.166. The monoisotopic (exact) mass is 303 g/mol. The highest BCUT2D eigenvalue weighted by molar-refractivity contribution is 7.10. The topological polar surface area (TPSA) is 76.4 Å². The Morgan fingerprint density at radius 2 is 2.19 bits per heavy atom. The Labute approximate surface area is 124 Å². The third-order valence-electron chi connectivity index (χ3n) is 3.32. The molecule has 3 rings (SSSR count). The first-order valence-electron chi connectivity index (χ1n) is 6.66. The zero-order valence-electron chi connectivity index (χ0n) is 11.2. The van der Waals surface area contributed by atoms with E-state index in [1.54, 1.807) is 0 Å². The number of fused-ring (bicyclic) bond motifs is 1. The lowest BCUT2D eigenvalue weighted by Crippen LogP contribution is -2.22. The molecule has 2 aromatic heterocycles. The van der Waals surface area contributed by atoms with Crippen LogP contribution in [0.15, 0.2) is 32.8 Å². The minimum absolute atomic E-state index is 0.0329. The Kier molecular flexibility index (Phi) is 3.70. The second kappa shape index (κ2) is 5.65. The number of ketones is 1. The predicted octanol–water partition coefficient (Wildman–Crippen LogP) is 2.40. The van der Waals surface area contributed by atoms with Gasteiger partial charge in [0, 0.05) is 17.7 Å². The van der Waals surface area contributed by atoms with E-state index in [9.17, 15) is 14.4 Å². The van der Waals surface area contributed by atoms with E-state index in [4.69, 9.17) is 4.42 Å². The van der Waals surface area contributed by atoms with Crippen LogP contribution in [0.1, 0.15) is 33.8 Å². The lowest BCUT2D eigenvalue weighted by atomic mass is 9.96. The lowest BCUT2D eigenvalue weighted by Gasteiger charge is -2.13. The smallest absolute Gasteiger partial charge is 0.359 e. The van der Waals surface area contributed by atoms with Crippen molar-refractivity contribution in [2.45, 2.75) is 25.7 Å². The molecule has 2 heterocycles. The highest BCUT2D eigenvalue weighted by atomic mass is 32.1. The van der Waals surface area contributed by atoms with Gasteiger partial charge in [0.1, 0.15) is 11.4 Å². The summed E-state index contributed by atoms with van der Waals surface area (Å²) in [7, 11) is 0. The van der Waals surface area contributed by atoms with E-state index < -0.39 is 5.63 Å². The third kappa shape index (κ3) is 2.95. The van der Waals surface area contributed by atoms with Gasteiger partial charge >= 0.3 is 5.63 Å². The van der Waals surface area contributed by atoms with Crippen molar-refractivity contribution >= 4 is 28.7 Å². The number of Topliss-reactive ketones (excluding diaryl/α,β-unsaturated/α-hetero) is 1. The molecule has 1 amide bonds. The van der Waals surface area contributed by atoms with Gasteiger partial charge < -0.3 is 9.73 Å². The first-order chi connectivity index (χ1) is 10.1. The van der Waals surface area contributed by atoms with Gasteiger partial charge in [-0.2, -0.15) is 0 Å². The summed E-state index contributed by atoms with van der Waals surface area (Å²) < 4.78 is 5.15. The van der Waals surface area contributed by atoms with Crippen molar-refractivity contribution in [3.05, 3.63) is 50.2 Å². The predicted molar refractivity (Wildman–Crippen MR) is 78.9 cm³/mol. The fraction of sp³-hybridized carbons (Fsp3) is 0.267. The van der Waals surface area contributed by atoms with Crippen molar-refractivity contribution in [3.63, 3.8) is 0 Å². The van der Waals surface area contributed by atoms with Crippen molar-refractivity contribution in [1.29, 1.82) is 0 Å². The van der Waals surface area contributed by atoms with Crippen LogP contribution in [0, 0.1) is 0 Å². The molecule has 0 radical (unpaired) electrons. The van der Waals surface area contributed by atoms with E-state index in [0.717, 1.165) is 4.88 Å². The average Bonchev–Trinajstić information content (AvgIpc) is 2.93. The summed E-state index contributed by atoms with van der Waals surface area (Å²) in [6.07, 6.45) is 1.92. The summed E-state index contributed by atoms with van der Waals surface area (Å²) in [4.78, 5) is 36.5. The molecule has 5 nitrogen and oxygen atoms in total. The zero-order valence-corrected chi connectivity index (χ0v) is 12.0. The van der Waals surface area contributed by atoms with Crippen LogP contribution in [-0.4, -0.2) is 11.7 Å². The fourth-order valence-corrected chi connectivity index (χ4v) is 3.03. The molecule has 2 aromatic rings. The molecule has 1 aliphatic rings. The van der Waals surface area contributed by atoms with Crippen molar-refractivity contribution in [1.82, 2.24) is 0 Å². The van der Waals surface area contributed by atoms with Crippen molar-refractivity contribution in [3.8, 4) is 0 Å². The maximum absolute atomic E-state index is 11.9. The van der Waals surface area contributed by atoms with Gasteiger partial charge in [-0.1, -0.05) is 6.07 Å². The highest BCUT2D eigenvalue weighted by Crippen LogP contribution is 2.22. The van der Waals surface area contributed by atoms with Crippen LogP contribution in [0.2, 0.25) is 0 Å². The minimum atomic E-state index is -0.608. The van der Waals surface area contributed by atoms with E-state index >= 15 is 0 Å². The number of carbonyl (C=O) groups excluding carboxylic acids is 2. The molecule has 0 fully saturated rings. The number of aryl methyl sites for hydroxylation is 1. The van der Waals surface area contributed by atoms with Crippen LogP contribution in [0.25, 0.3) is 0 Å². The van der Waals surface area contributed by atoms with E-state index in [0.29, 0.717) is 30.6 Å². The average molecular weight is 303 g/mol. The molecule has 0 saturated heterocycles. The second-order valence-electron chi connectivity index (χ2n) is 4.87. The summed E-state index contributed by atoms with van der Waals surface area (Å²) in [5, 5.41) is 4.41. The molecule has 1 N–H and O–H groups in total. The molecule has 108 valence electrons. The molecule has 0 atom stereocenters. The van der Waals surface area contributed by atoms with Crippen LogP contribution in [-0.2, 0) is 17.6 Å². The number of hydrogen-bond acceptors (Lipinski definition) is 5. The number of thiophene rings is 1. The van der Waals surface area contributed by atoms with E-state index in [-0.39, 0.29) is 23.8 Å². The standard InChI is InChI=1S/C15H13NO4S/c17-12-4-1-5-13-10(12)8-11(15(19)20-13)16-14(18)7-9-3-2-6-21-9/h2-3,6,8H,1,4-5,7H2,(H,16,18). The molecule has 0 aliphatic heterocycles. The summed E-state index contributed by atoms with van der Waals surface area (Å²) in [6, 6.07) is 5.15. The molecule has 1 aliphatic carbocycles. The molecule has 0 spiro atoms. The number of amides is 1. The lowest BCUT2D eigenvalue weighted by molar-refractivity contribution is -0.115. The number of carbonyl (C=O) groups is 2. The van der Waals surface area contributed by atoms with Crippen molar-refractivity contribution in [2.24, 2.45) is 0 Å². The number of nitrogens with one attached hydrogen (secondary N) is 1. The second-order valence-corrected chi connectivity index (χ2v) is 5.90. The quantitative estimate of drug-likeness (QED) is 0.944. The molecule has 0 saturated carbocycles. The Bertz CT molecular complexity index is 746. The maximum atomic E-state index is 11.9. The van der Waals surface area contributed by atoms with E-state index in [2.05, 4.69) is 5.32 Å². The Balaban J connectivity index is 1.82. The van der Waals surface area contributed by atoms with Crippen LogP contribution < -0.4 is 10.9 Å². The van der Waals surface area contributed by atoms with Crippen LogP contribution in [0.3, 0.4) is 0 Å². The van der Waals surface area contributed by atoms with Crippen LogP contribution in [0.4, 0.5) is 5.69 Å². The largest absolute Gasteiger partial charge is 0.426 e. The SMILES string of the molecule is O=C(Cc1cccs1)Nc1cc2c(oc1=O)CCCC2=O. The first kappa shape index (κ1) is 13.8. The first-order valence-corrected chi connectivity index (χ1v) is 7.54. The fourth-order valence-electron chi connectivity index (χ4n) is 2.32. The van der Waals surface area contributed by atoms with Crippen LogP contribution >= 0.6 is 11.3 Å². The zero-order chi connectivity index (χ0) is 14.8. The Hall–Kier alpha value is -2.21. The Morgan fingerprint density at radius 3 is 2.95 bits per heavy atom. The molecule has 0 bridgehead atoms. The normalized spacial score (nSPS) is 13.8. The molecular formula is C15H13NO4S. The van der Waals surface area contributed by atoms with Gasteiger partial charge in [-0.05, 0) is 23.9 Å². The number of anilines is 1. The van der Waals surface area contributed by atoms with Gasteiger partial charge in [0.15, 0.2) is 5.78 Å². The molecular weight excluding hydrogens is 290 g/mol. The number of rotatable bonds is 3. The highest BCUT2D eigenvalue weighted by Gasteiger charge is 2.22. The van der Waals surface area contributed by atoms with E-state index in [1.807, 2.05) is 17.5 Å². The molecule has 6 heteroatoms. The van der Waals surface area contributed by atoms with Gasteiger partial charge in [-0.15, -0.1) is 11.3 Å². The molecule has 21 heavy (non-hydrogen) atoms. The van der Waals surface area contributed by atoms with Gasteiger partial charge in [0.25, 0.3) is 0 Å². The van der Waals surface area contributed by atoms with Gasteiger partial charge in [-0.25, -0.2) is 4.79 Å². The van der Waals surface area contributed by atoms with Gasteiger partial charge in [-0.3, -0.25) is 9.59 Å². The number of hydrogen-bond donors (Lipinski definition) is 1. The van der Waals surface area contributed by atoms with Gasteiger partial charge in [0.05, 0.1) is 12.0 Å². The molecule has 0 aromatic carbocycles.